The third kappa shape index (κ3) is 6.77. The summed E-state index contributed by atoms with van der Waals surface area (Å²) in [7, 11) is -4.55. The van der Waals surface area contributed by atoms with E-state index in [2.05, 4.69) is 15.5 Å². The summed E-state index contributed by atoms with van der Waals surface area (Å²) in [4.78, 5) is 12.8. The third-order valence-corrected chi connectivity index (χ3v) is 7.39. The van der Waals surface area contributed by atoms with Crippen molar-refractivity contribution in [3.05, 3.63) is 81.8 Å². The van der Waals surface area contributed by atoms with Gasteiger partial charge in [0.25, 0.3) is 16.0 Å². The Kier molecular flexibility index (Phi) is 10.6. The molecule has 0 radical (unpaired) electrons. The summed E-state index contributed by atoms with van der Waals surface area (Å²) in [6.45, 7) is 3.84. The van der Waals surface area contributed by atoms with Gasteiger partial charge in [-0.3, -0.25) is 9.35 Å². The van der Waals surface area contributed by atoms with Gasteiger partial charge in [0.05, 0.1) is 33.7 Å². The number of azo groups is 1. The summed E-state index contributed by atoms with van der Waals surface area (Å²) in [6, 6.07) is 15.6. The van der Waals surface area contributed by atoms with E-state index in [9.17, 15) is 22.9 Å². The van der Waals surface area contributed by atoms with Crippen molar-refractivity contribution < 1.29 is 57.2 Å². The van der Waals surface area contributed by atoms with Crippen molar-refractivity contribution in [1.29, 1.82) is 0 Å². The number of anilines is 1. The van der Waals surface area contributed by atoms with Crippen LogP contribution in [-0.4, -0.2) is 25.5 Å². The van der Waals surface area contributed by atoms with Gasteiger partial charge >= 0.3 is 29.6 Å². The third-order valence-electron chi connectivity index (χ3n) is 5.77. The number of para-hydroxylation sites is 1. The van der Waals surface area contributed by atoms with Crippen LogP contribution in [0.4, 0.5) is 17.1 Å². The maximum absolute atomic E-state index is 13.5. The minimum absolute atomic E-state index is 0. The number of rotatable bonds is 8. The van der Waals surface area contributed by atoms with Crippen LogP contribution in [0.3, 0.4) is 0 Å². The van der Waals surface area contributed by atoms with Crippen molar-refractivity contribution in [3.63, 3.8) is 0 Å². The number of amides is 1. The first-order valence-electron chi connectivity index (χ1n) is 11.7. The van der Waals surface area contributed by atoms with E-state index in [4.69, 9.17) is 27.9 Å². The number of nitrogens with one attached hydrogen (secondary N) is 1. The fourth-order valence-electron chi connectivity index (χ4n) is 3.93. The topological polar surface area (TPSA) is 140 Å². The molecule has 0 bridgehead atoms. The number of nitrogens with zero attached hydrogens (tertiary/aromatic N) is 2. The van der Waals surface area contributed by atoms with E-state index >= 15 is 0 Å². The van der Waals surface area contributed by atoms with Crippen LogP contribution < -0.4 is 44.7 Å². The van der Waals surface area contributed by atoms with E-state index in [1.807, 2.05) is 0 Å². The zero-order valence-electron chi connectivity index (χ0n) is 21.7. The number of carbonyl (C=O) groups is 1. The number of halogens is 2. The number of ether oxygens (including phenoxy) is 1. The van der Waals surface area contributed by atoms with Crippen LogP contribution in [0.1, 0.15) is 29.8 Å². The summed E-state index contributed by atoms with van der Waals surface area (Å²) in [5, 5.41) is 25.6. The van der Waals surface area contributed by atoms with E-state index in [0.717, 1.165) is 0 Å². The molecule has 13 heteroatoms. The molecular formula is C27H22Cl2N3NaO6S. The largest absolute Gasteiger partial charge is 1.00 e. The number of fused-ring (bicyclic) bond motifs is 1. The Balaban J connectivity index is 0.00000441. The molecule has 9 nitrogen and oxygen atoms in total. The first-order chi connectivity index (χ1) is 18.5. The van der Waals surface area contributed by atoms with E-state index in [0.29, 0.717) is 40.1 Å². The Labute approximate surface area is 263 Å². The molecule has 0 aliphatic heterocycles. The second kappa shape index (κ2) is 13.3. The van der Waals surface area contributed by atoms with Crippen molar-refractivity contribution in [2.24, 2.45) is 10.2 Å². The van der Waals surface area contributed by atoms with Crippen LogP contribution >= 0.6 is 23.2 Å². The molecule has 0 saturated heterocycles. The van der Waals surface area contributed by atoms with E-state index < -0.39 is 26.7 Å². The monoisotopic (exact) mass is 609 g/mol. The quantitative estimate of drug-likeness (QED) is 0.175. The summed E-state index contributed by atoms with van der Waals surface area (Å²) < 4.78 is 38.3. The van der Waals surface area contributed by atoms with Gasteiger partial charge in [-0.15, -0.1) is 0 Å². The summed E-state index contributed by atoms with van der Waals surface area (Å²) in [6.07, 6.45) is 0.337. The molecule has 4 rings (SSSR count). The first-order valence-corrected chi connectivity index (χ1v) is 13.9. The average Bonchev–Trinajstić information content (AvgIpc) is 2.89. The average molecular weight is 610 g/mol. The minimum Gasteiger partial charge on any atom is -0.870 e. The molecule has 2 N–H and O–H groups in total. The molecule has 0 heterocycles. The van der Waals surface area contributed by atoms with Crippen LogP contribution in [0, 0.1) is 0 Å². The van der Waals surface area contributed by atoms with Gasteiger partial charge in [0.1, 0.15) is 4.90 Å². The number of carbonyl (C=O) groups excluding carboxylic acids is 1. The molecule has 0 unspecified atom stereocenters. The van der Waals surface area contributed by atoms with Crippen molar-refractivity contribution in [2.45, 2.75) is 25.2 Å². The van der Waals surface area contributed by atoms with Crippen molar-refractivity contribution in [3.8, 4) is 11.5 Å². The minimum atomic E-state index is -4.55. The molecule has 0 fully saturated rings. The van der Waals surface area contributed by atoms with Crippen LogP contribution in [0.2, 0.25) is 10.0 Å². The SMILES string of the molecule is CCOc1c(Cl)cccc1NC(=O)c1cc2ccccc2c(N=Nc2cc(Cl)c(S(=O)(=O)O)cc2CC)c1[O-].[Na+]. The van der Waals surface area contributed by atoms with Crippen molar-refractivity contribution in [1.82, 2.24) is 0 Å². The molecule has 40 heavy (non-hydrogen) atoms. The Bertz CT molecular complexity index is 1730. The molecule has 0 aliphatic rings. The molecule has 4 aromatic carbocycles. The number of hydrogen-bond donors (Lipinski definition) is 2. The fraction of sp³-hybridized carbons (Fsp3) is 0.148. The van der Waals surface area contributed by atoms with E-state index in [-0.39, 0.29) is 57.3 Å². The molecule has 0 saturated carbocycles. The molecule has 0 aromatic heterocycles. The van der Waals surface area contributed by atoms with Gasteiger partial charge in [0, 0.05) is 10.9 Å². The van der Waals surface area contributed by atoms with Gasteiger partial charge in [0.2, 0.25) is 0 Å². The number of benzene rings is 4. The Hall–Kier alpha value is -2.70. The predicted octanol–water partition coefficient (Wildman–Crippen LogP) is 4.10. The van der Waals surface area contributed by atoms with Crippen LogP contribution in [0.25, 0.3) is 10.8 Å². The molecular weight excluding hydrogens is 588 g/mol. The Morgan fingerprint density at radius 2 is 1.75 bits per heavy atom. The van der Waals surface area contributed by atoms with Crippen LogP contribution in [-0.2, 0) is 16.5 Å². The van der Waals surface area contributed by atoms with E-state index in [1.54, 1.807) is 56.3 Å². The normalized spacial score (nSPS) is 11.4. The van der Waals surface area contributed by atoms with Crippen molar-refractivity contribution >= 4 is 67.1 Å². The molecule has 202 valence electrons. The van der Waals surface area contributed by atoms with Gasteiger partial charge in [-0.25, -0.2) is 0 Å². The maximum atomic E-state index is 13.5. The summed E-state index contributed by atoms with van der Waals surface area (Å²) in [5.74, 6) is -1.09. The molecule has 0 atom stereocenters. The smallest absolute Gasteiger partial charge is 0.870 e. The second-order valence-corrected chi connectivity index (χ2v) is 10.5. The second-order valence-electron chi connectivity index (χ2n) is 8.27. The number of hydrogen-bond acceptors (Lipinski definition) is 7. The number of aryl methyl sites for hydroxylation is 1. The Morgan fingerprint density at radius 3 is 2.42 bits per heavy atom. The predicted molar refractivity (Wildman–Crippen MR) is 149 cm³/mol. The zero-order valence-corrected chi connectivity index (χ0v) is 26.1. The molecule has 4 aromatic rings. The van der Waals surface area contributed by atoms with Gasteiger partial charge in [-0.2, -0.15) is 18.6 Å². The van der Waals surface area contributed by atoms with Crippen LogP contribution in [0.5, 0.6) is 11.5 Å². The summed E-state index contributed by atoms with van der Waals surface area (Å²) in [5.41, 5.74) is 0.651. The van der Waals surface area contributed by atoms with Gasteiger partial charge in [0.15, 0.2) is 5.75 Å². The fourth-order valence-corrected chi connectivity index (χ4v) is 5.20. The zero-order chi connectivity index (χ0) is 28.3. The van der Waals surface area contributed by atoms with Gasteiger partial charge < -0.3 is 15.2 Å². The molecule has 0 spiro atoms. The van der Waals surface area contributed by atoms with Crippen LogP contribution in [0.15, 0.2) is 75.8 Å². The standard InChI is InChI=1S/C27H23Cl2N3O6S.Na/c1-3-15-13-23(39(35,36)37)20(29)14-22(15)31-32-24-17-9-6-5-8-16(17)12-18(25(24)33)27(34)30-21-11-7-10-19(28)26(21)38-4-2;/h5-14,33H,3-4H2,1-2H3,(H,30,34)(H,35,36,37);/q;+1/p-1. The van der Waals surface area contributed by atoms with Gasteiger partial charge in [-0.1, -0.05) is 66.2 Å². The molecule has 1 amide bonds. The summed E-state index contributed by atoms with van der Waals surface area (Å²) >= 11 is 12.3. The van der Waals surface area contributed by atoms with Crippen molar-refractivity contribution in [2.75, 3.05) is 11.9 Å². The first kappa shape index (κ1) is 31.8. The maximum Gasteiger partial charge on any atom is 1.00 e. The Morgan fingerprint density at radius 1 is 1.02 bits per heavy atom. The van der Waals surface area contributed by atoms with Gasteiger partial charge in [-0.05, 0) is 54.6 Å². The van der Waals surface area contributed by atoms with E-state index in [1.165, 1.54) is 18.2 Å². The molecule has 0 aliphatic carbocycles.